The minimum absolute atomic E-state index is 0.670. The van der Waals surface area contributed by atoms with Crippen molar-refractivity contribution in [2.75, 3.05) is 0 Å². The van der Waals surface area contributed by atoms with Crippen LogP contribution in [0.3, 0.4) is 0 Å². The van der Waals surface area contributed by atoms with Crippen LogP contribution < -0.4 is 0 Å². The number of alkyl halides is 8. The molecule has 3 saturated carbocycles. The van der Waals surface area contributed by atoms with Gasteiger partial charge in [-0.3, -0.25) is 0 Å². The Bertz CT molecular complexity index is 368. The van der Waals surface area contributed by atoms with E-state index < -0.39 is 41.0 Å². The molecule has 0 amide bonds. The molecule has 0 saturated heterocycles. The molecule has 6 unspecified atom stereocenters. The second-order valence-corrected chi connectivity index (χ2v) is 9.66. The molecule has 0 N–H and O–H groups in total. The van der Waals surface area contributed by atoms with E-state index in [4.69, 9.17) is 92.8 Å². The summed E-state index contributed by atoms with van der Waals surface area (Å²) in [6.45, 7) is 3.69. The summed E-state index contributed by atoms with van der Waals surface area (Å²) >= 11 is 50.9. The molecule has 0 spiro atoms. The Balaban J connectivity index is 2.67. The van der Waals surface area contributed by atoms with Crippen LogP contribution in [0.1, 0.15) is 13.8 Å². The maximum Gasteiger partial charge on any atom is 0.130 e. The first kappa shape index (κ1) is 16.7. The lowest BCUT2D eigenvalue weighted by Crippen LogP contribution is -2.92. The van der Waals surface area contributed by atoms with Gasteiger partial charge in [-0.1, -0.05) is 13.8 Å². The van der Waals surface area contributed by atoms with Gasteiger partial charge in [-0.2, -0.15) is 0 Å². The van der Waals surface area contributed by atoms with Crippen LogP contribution in [0.25, 0.3) is 0 Å². The Labute approximate surface area is 146 Å². The van der Waals surface area contributed by atoms with E-state index in [1.807, 2.05) is 13.8 Å². The largest absolute Gasteiger partial charge is 0.130 e. The van der Waals surface area contributed by atoms with Crippen LogP contribution >= 0.6 is 92.8 Å². The third-order valence-corrected chi connectivity index (χ3v) is 10.6. The van der Waals surface area contributed by atoms with Crippen molar-refractivity contribution < 1.29 is 0 Å². The Morgan fingerprint density at radius 3 is 1.67 bits per heavy atom. The van der Waals surface area contributed by atoms with Gasteiger partial charge in [0.1, 0.15) is 9.71 Å². The van der Waals surface area contributed by atoms with E-state index in [2.05, 4.69) is 0 Å². The van der Waals surface area contributed by atoms with Crippen LogP contribution in [-0.2, 0) is 0 Å². The summed E-state index contributed by atoms with van der Waals surface area (Å²) in [7, 11) is 0. The van der Waals surface area contributed by atoms with Crippen molar-refractivity contribution in [1.82, 2.24) is 0 Å². The molecule has 3 aliphatic rings. The molecule has 0 aromatic carbocycles. The molecular formula is C10H10Cl8. The summed E-state index contributed by atoms with van der Waals surface area (Å²) in [5.41, 5.74) is -0.670. The second-order valence-electron chi connectivity index (χ2n) is 5.34. The monoisotopic (exact) mass is 410 g/mol. The van der Waals surface area contributed by atoms with Crippen molar-refractivity contribution in [2.24, 2.45) is 5.41 Å². The maximum absolute atomic E-state index is 6.67. The number of hydrogen-bond donors (Lipinski definition) is 0. The van der Waals surface area contributed by atoms with Crippen molar-refractivity contribution in [1.29, 1.82) is 0 Å². The van der Waals surface area contributed by atoms with Crippen molar-refractivity contribution >= 4 is 92.8 Å². The zero-order valence-electron chi connectivity index (χ0n) is 9.33. The van der Waals surface area contributed by atoms with Crippen LogP contribution in [0, 0.1) is 5.41 Å². The molecule has 6 atom stereocenters. The standard InChI is InChI=1S/C10H10Cl8/c1-7(2)8(16)3(11)4(12)9(17,6(14)15)10(7,18)5(8)13/h3-6H,1-2H3. The average Bonchev–Trinajstić information content (AvgIpc) is 2.30. The van der Waals surface area contributed by atoms with E-state index in [-0.39, 0.29) is 0 Å². The first-order valence-corrected chi connectivity index (χ1v) is 8.50. The smallest absolute Gasteiger partial charge is 0.119 e. The van der Waals surface area contributed by atoms with E-state index in [0.29, 0.717) is 0 Å². The number of hydrogen-bond acceptors (Lipinski definition) is 0. The van der Waals surface area contributed by atoms with E-state index in [9.17, 15) is 0 Å². The Morgan fingerprint density at radius 1 is 0.889 bits per heavy atom. The third-order valence-electron chi connectivity index (χ3n) is 4.52. The van der Waals surface area contributed by atoms with E-state index in [1.54, 1.807) is 0 Å². The lowest BCUT2D eigenvalue weighted by Gasteiger charge is -2.77. The zero-order valence-corrected chi connectivity index (χ0v) is 15.4. The van der Waals surface area contributed by atoms with Crippen LogP contribution in [-0.4, -0.2) is 35.6 Å². The van der Waals surface area contributed by atoms with Crippen LogP contribution in [0.5, 0.6) is 0 Å². The first-order valence-electron chi connectivity index (χ1n) is 5.18. The maximum atomic E-state index is 6.67. The molecule has 18 heavy (non-hydrogen) atoms. The van der Waals surface area contributed by atoms with E-state index in [1.165, 1.54) is 0 Å². The summed E-state index contributed by atoms with van der Waals surface area (Å²) < 4.78 is 0. The van der Waals surface area contributed by atoms with Gasteiger partial charge in [0, 0.05) is 5.41 Å². The van der Waals surface area contributed by atoms with Crippen molar-refractivity contribution in [3.8, 4) is 0 Å². The van der Waals surface area contributed by atoms with Gasteiger partial charge in [0.15, 0.2) is 0 Å². The summed E-state index contributed by atoms with van der Waals surface area (Å²) in [6.07, 6.45) is 0. The molecule has 0 nitrogen and oxygen atoms in total. The molecule has 0 aromatic heterocycles. The lowest BCUT2D eigenvalue weighted by atomic mass is 9.43. The molecule has 0 radical (unpaired) electrons. The number of rotatable bonds is 1. The minimum atomic E-state index is -1.36. The third kappa shape index (κ3) is 1.37. The molecule has 0 aromatic rings. The lowest BCUT2D eigenvalue weighted by molar-refractivity contribution is -0.0298. The predicted octanol–water partition coefficient (Wildman–Crippen LogP) is 5.60. The predicted molar refractivity (Wildman–Crippen MR) is 84.0 cm³/mol. The average molecular weight is 414 g/mol. The van der Waals surface area contributed by atoms with Gasteiger partial charge in [0.25, 0.3) is 0 Å². The van der Waals surface area contributed by atoms with Crippen LogP contribution in [0.4, 0.5) is 0 Å². The van der Waals surface area contributed by atoms with Gasteiger partial charge >= 0.3 is 0 Å². The number of halogens is 8. The minimum Gasteiger partial charge on any atom is -0.119 e. The normalized spacial score (nSPS) is 58.5. The quantitative estimate of drug-likeness (QED) is 0.491. The van der Waals surface area contributed by atoms with Gasteiger partial charge in [-0.15, -0.1) is 92.8 Å². The van der Waals surface area contributed by atoms with Crippen LogP contribution in [0.2, 0.25) is 0 Å². The van der Waals surface area contributed by atoms with E-state index in [0.717, 1.165) is 0 Å². The van der Waals surface area contributed by atoms with Gasteiger partial charge in [-0.05, 0) is 0 Å². The molecule has 3 aliphatic carbocycles. The summed E-state index contributed by atoms with van der Waals surface area (Å²) in [5, 5.41) is -2.17. The fraction of sp³-hybridized carbons (Fsp3) is 1.00. The second kappa shape index (κ2) is 4.42. The van der Waals surface area contributed by atoms with Gasteiger partial charge in [0.2, 0.25) is 0 Å². The molecule has 0 aliphatic heterocycles. The highest BCUT2D eigenvalue weighted by molar-refractivity contribution is 6.58. The molecular weight excluding hydrogens is 404 g/mol. The highest BCUT2D eigenvalue weighted by Crippen LogP contribution is 2.78. The van der Waals surface area contributed by atoms with E-state index >= 15 is 0 Å². The SMILES string of the molecule is CC1(C)C2(Cl)C(Cl)C(Cl)C(Cl)(C(Cl)Cl)C1(Cl)C2Cl. The molecule has 0 heterocycles. The van der Waals surface area contributed by atoms with Crippen molar-refractivity contribution in [3.05, 3.63) is 0 Å². The molecule has 2 bridgehead atoms. The summed E-state index contributed by atoms with van der Waals surface area (Å²) in [5.74, 6) is 0. The zero-order chi connectivity index (χ0) is 14.3. The highest BCUT2D eigenvalue weighted by Gasteiger charge is 2.89. The van der Waals surface area contributed by atoms with Crippen molar-refractivity contribution in [2.45, 2.75) is 49.4 Å². The summed E-state index contributed by atoms with van der Waals surface area (Å²) in [4.78, 5) is -4.48. The number of fused-ring (bicyclic) bond motifs is 2. The fourth-order valence-corrected chi connectivity index (χ4v) is 7.87. The van der Waals surface area contributed by atoms with Crippen molar-refractivity contribution in [3.63, 3.8) is 0 Å². The molecule has 3 fully saturated rings. The topological polar surface area (TPSA) is 0 Å². The Hall–Kier alpha value is 2.32. The first-order chi connectivity index (χ1) is 7.91. The van der Waals surface area contributed by atoms with Gasteiger partial charge in [0.05, 0.1) is 25.9 Å². The van der Waals surface area contributed by atoms with Crippen LogP contribution in [0.15, 0.2) is 0 Å². The fourth-order valence-electron chi connectivity index (χ4n) is 3.19. The molecule has 3 rings (SSSR count). The Morgan fingerprint density at radius 2 is 1.33 bits per heavy atom. The highest BCUT2D eigenvalue weighted by atomic mass is 35.5. The molecule has 106 valence electrons. The van der Waals surface area contributed by atoms with Gasteiger partial charge in [-0.25, -0.2) is 0 Å². The molecule has 8 heteroatoms. The van der Waals surface area contributed by atoms with Gasteiger partial charge < -0.3 is 0 Å². The summed E-state index contributed by atoms with van der Waals surface area (Å²) in [6, 6.07) is 0. The Kier molecular flexibility index (Phi) is 4.09.